The van der Waals surface area contributed by atoms with Gasteiger partial charge in [-0.2, -0.15) is 0 Å². The van der Waals surface area contributed by atoms with Crippen LogP contribution < -0.4 is 0 Å². The van der Waals surface area contributed by atoms with E-state index in [2.05, 4.69) is 67.9 Å². The van der Waals surface area contributed by atoms with Crippen molar-refractivity contribution >= 4 is 15.9 Å². The van der Waals surface area contributed by atoms with Gasteiger partial charge in [0.25, 0.3) is 0 Å². The predicted octanol–water partition coefficient (Wildman–Crippen LogP) is 7.07. The average Bonchev–Trinajstić information content (AvgIpc) is 2.43. The van der Waals surface area contributed by atoms with Crippen LogP contribution in [0.15, 0.2) is 24.3 Å². The zero-order chi connectivity index (χ0) is 15.0. The predicted molar refractivity (Wildman–Crippen MR) is 94.6 cm³/mol. The fourth-order valence-electron chi connectivity index (χ4n) is 3.07. The van der Waals surface area contributed by atoms with Crippen LogP contribution in [-0.4, -0.2) is 0 Å². The molecular weight excluding hydrogens is 308 g/mol. The molecule has 0 saturated carbocycles. The Bertz CT molecular complexity index is 364. The van der Waals surface area contributed by atoms with Crippen molar-refractivity contribution in [3.63, 3.8) is 0 Å². The molecule has 0 aromatic heterocycles. The number of alkyl halides is 1. The summed E-state index contributed by atoms with van der Waals surface area (Å²) in [5, 5.41) is 0.954. The third kappa shape index (κ3) is 5.99. The second-order valence-corrected chi connectivity index (χ2v) is 7.37. The van der Waals surface area contributed by atoms with Crippen LogP contribution in [-0.2, 0) is 5.33 Å². The summed E-state index contributed by atoms with van der Waals surface area (Å²) in [6.07, 6.45) is 7.90. The highest BCUT2D eigenvalue weighted by Crippen LogP contribution is 2.35. The van der Waals surface area contributed by atoms with Gasteiger partial charge in [-0.1, -0.05) is 80.7 Å². The van der Waals surface area contributed by atoms with Gasteiger partial charge in [-0.15, -0.1) is 0 Å². The smallest absolute Gasteiger partial charge is 0.0283 e. The van der Waals surface area contributed by atoms with Gasteiger partial charge in [0, 0.05) is 5.33 Å². The van der Waals surface area contributed by atoms with E-state index in [0.29, 0.717) is 5.41 Å². The molecule has 1 unspecified atom stereocenters. The van der Waals surface area contributed by atoms with Crippen molar-refractivity contribution in [3.8, 4) is 0 Å². The number of hydrogen-bond donors (Lipinski definition) is 0. The van der Waals surface area contributed by atoms with Gasteiger partial charge >= 0.3 is 0 Å². The van der Waals surface area contributed by atoms with E-state index in [1.165, 1.54) is 49.7 Å². The topological polar surface area (TPSA) is 0 Å². The standard InChI is InChI=1S/C19H31Br/c1-5-7-17(12-14-19(3,4)13-6-2)18-10-8-16(15-20)9-11-18/h8-11,17H,5-7,12-15H2,1-4H3. The minimum absolute atomic E-state index is 0.497. The quantitative estimate of drug-likeness (QED) is 0.422. The first kappa shape index (κ1) is 17.8. The molecule has 0 amide bonds. The fraction of sp³-hybridized carbons (Fsp3) is 0.684. The molecule has 0 saturated heterocycles. The summed E-state index contributed by atoms with van der Waals surface area (Å²) in [6, 6.07) is 9.21. The summed E-state index contributed by atoms with van der Waals surface area (Å²) < 4.78 is 0. The number of benzene rings is 1. The van der Waals surface area contributed by atoms with Crippen molar-refractivity contribution in [2.24, 2.45) is 5.41 Å². The van der Waals surface area contributed by atoms with Crippen molar-refractivity contribution in [3.05, 3.63) is 35.4 Å². The normalized spacial score (nSPS) is 13.4. The molecule has 0 heterocycles. The second kappa shape index (κ2) is 8.87. The molecule has 1 rings (SSSR count). The molecule has 0 nitrogen and oxygen atoms in total. The Morgan fingerprint density at radius 3 is 2.10 bits per heavy atom. The van der Waals surface area contributed by atoms with Crippen LogP contribution in [0.4, 0.5) is 0 Å². The molecule has 0 spiro atoms. The van der Waals surface area contributed by atoms with Crippen molar-refractivity contribution < 1.29 is 0 Å². The van der Waals surface area contributed by atoms with Gasteiger partial charge in [0.05, 0.1) is 0 Å². The van der Waals surface area contributed by atoms with Crippen molar-refractivity contribution in [1.29, 1.82) is 0 Å². The third-order valence-corrected chi connectivity index (χ3v) is 4.99. The van der Waals surface area contributed by atoms with Crippen molar-refractivity contribution in [2.45, 2.75) is 77.5 Å². The summed E-state index contributed by atoms with van der Waals surface area (Å²) in [4.78, 5) is 0. The summed E-state index contributed by atoms with van der Waals surface area (Å²) in [5.41, 5.74) is 3.40. The maximum Gasteiger partial charge on any atom is 0.0283 e. The zero-order valence-corrected chi connectivity index (χ0v) is 15.3. The molecule has 0 aliphatic rings. The van der Waals surface area contributed by atoms with E-state index in [1.54, 1.807) is 0 Å². The lowest BCUT2D eigenvalue weighted by atomic mass is 9.79. The minimum atomic E-state index is 0.497. The van der Waals surface area contributed by atoms with Gasteiger partial charge in [0.1, 0.15) is 0 Å². The molecule has 1 aromatic rings. The van der Waals surface area contributed by atoms with Crippen LogP contribution in [0.2, 0.25) is 0 Å². The zero-order valence-electron chi connectivity index (χ0n) is 13.7. The molecule has 0 N–H and O–H groups in total. The van der Waals surface area contributed by atoms with Gasteiger partial charge < -0.3 is 0 Å². The number of halogens is 1. The van der Waals surface area contributed by atoms with E-state index in [4.69, 9.17) is 0 Å². The van der Waals surface area contributed by atoms with Gasteiger partial charge in [0.15, 0.2) is 0 Å². The van der Waals surface area contributed by atoms with E-state index in [1.807, 2.05) is 0 Å². The fourth-order valence-corrected chi connectivity index (χ4v) is 3.45. The summed E-state index contributed by atoms with van der Waals surface area (Å²) in [7, 11) is 0. The first-order chi connectivity index (χ1) is 9.52. The van der Waals surface area contributed by atoms with E-state index in [9.17, 15) is 0 Å². The van der Waals surface area contributed by atoms with Crippen LogP contribution in [0.5, 0.6) is 0 Å². The van der Waals surface area contributed by atoms with E-state index in [-0.39, 0.29) is 0 Å². The molecule has 0 fully saturated rings. The lowest BCUT2D eigenvalue weighted by molar-refractivity contribution is 0.283. The highest BCUT2D eigenvalue weighted by Gasteiger charge is 2.19. The largest absolute Gasteiger partial charge is 0.0876 e. The Morgan fingerprint density at radius 2 is 1.60 bits per heavy atom. The van der Waals surface area contributed by atoms with Gasteiger partial charge in [0.2, 0.25) is 0 Å². The Hall–Kier alpha value is -0.300. The Balaban J connectivity index is 2.67. The number of hydrogen-bond acceptors (Lipinski definition) is 0. The van der Waals surface area contributed by atoms with Crippen LogP contribution in [0.3, 0.4) is 0 Å². The molecule has 114 valence electrons. The Labute approximate surface area is 134 Å². The van der Waals surface area contributed by atoms with Crippen molar-refractivity contribution in [2.75, 3.05) is 0 Å². The summed E-state index contributed by atoms with van der Waals surface area (Å²) >= 11 is 3.52. The Kier molecular flexibility index (Phi) is 7.87. The average molecular weight is 339 g/mol. The highest BCUT2D eigenvalue weighted by molar-refractivity contribution is 9.08. The summed E-state index contributed by atoms with van der Waals surface area (Å²) in [5.74, 6) is 0.737. The molecule has 0 aliphatic carbocycles. The third-order valence-electron chi connectivity index (χ3n) is 4.34. The monoisotopic (exact) mass is 338 g/mol. The molecule has 0 aliphatic heterocycles. The molecule has 0 radical (unpaired) electrons. The van der Waals surface area contributed by atoms with E-state index in [0.717, 1.165) is 11.2 Å². The van der Waals surface area contributed by atoms with Crippen LogP contribution in [0.25, 0.3) is 0 Å². The maximum atomic E-state index is 3.52. The van der Waals surface area contributed by atoms with Gasteiger partial charge in [-0.05, 0) is 48.1 Å². The van der Waals surface area contributed by atoms with Crippen LogP contribution in [0.1, 0.15) is 83.3 Å². The highest BCUT2D eigenvalue weighted by atomic mass is 79.9. The molecule has 20 heavy (non-hydrogen) atoms. The first-order valence-corrected chi connectivity index (χ1v) is 9.29. The van der Waals surface area contributed by atoms with E-state index >= 15 is 0 Å². The lowest BCUT2D eigenvalue weighted by Gasteiger charge is -2.27. The molecule has 0 bridgehead atoms. The van der Waals surface area contributed by atoms with Crippen LogP contribution in [0, 0.1) is 5.41 Å². The first-order valence-electron chi connectivity index (χ1n) is 8.17. The SMILES string of the molecule is CCCC(CCC(C)(C)CCC)c1ccc(CBr)cc1. The summed E-state index contributed by atoms with van der Waals surface area (Å²) in [6.45, 7) is 9.45. The van der Waals surface area contributed by atoms with Crippen LogP contribution >= 0.6 is 15.9 Å². The van der Waals surface area contributed by atoms with Crippen molar-refractivity contribution in [1.82, 2.24) is 0 Å². The maximum absolute atomic E-state index is 3.52. The molecular formula is C19H31Br. The Morgan fingerprint density at radius 1 is 0.950 bits per heavy atom. The van der Waals surface area contributed by atoms with Gasteiger partial charge in [-0.25, -0.2) is 0 Å². The van der Waals surface area contributed by atoms with Gasteiger partial charge in [-0.3, -0.25) is 0 Å². The molecule has 1 heteroatoms. The number of rotatable bonds is 9. The molecule has 1 atom stereocenters. The molecule has 1 aromatic carbocycles. The lowest BCUT2D eigenvalue weighted by Crippen LogP contribution is -2.13. The second-order valence-electron chi connectivity index (χ2n) is 6.81. The minimum Gasteiger partial charge on any atom is -0.0876 e. The van der Waals surface area contributed by atoms with E-state index < -0.39 is 0 Å².